The first kappa shape index (κ1) is 12.8. The number of amides is 1. The van der Waals surface area contributed by atoms with E-state index in [0.717, 1.165) is 12.5 Å². The van der Waals surface area contributed by atoms with Crippen LogP contribution in [0.5, 0.6) is 0 Å². The number of hydrogen-bond acceptors (Lipinski definition) is 2. The van der Waals surface area contributed by atoms with Crippen molar-refractivity contribution in [2.45, 2.75) is 18.9 Å². The number of hydrogen-bond donors (Lipinski definition) is 1. The summed E-state index contributed by atoms with van der Waals surface area (Å²) in [6, 6.07) is 2.58. The number of carbonyl (C=O) groups is 1. The third kappa shape index (κ3) is 2.97. The fourth-order valence-corrected chi connectivity index (χ4v) is 2.16. The Bertz CT molecular complexity index is 449. The molecular weight excluding hydrogens is 312 g/mol. The Morgan fingerprint density at radius 3 is 3.00 bits per heavy atom. The van der Waals surface area contributed by atoms with Crippen molar-refractivity contribution in [1.29, 1.82) is 0 Å². The van der Waals surface area contributed by atoms with Crippen LogP contribution in [0.4, 0.5) is 10.1 Å². The second-order valence-electron chi connectivity index (χ2n) is 3.74. The largest absolute Gasteiger partial charge is 0.368 e. The summed E-state index contributed by atoms with van der Waals surface area (Å²) in [5.41, 5.74) is 0.375. The average molecular weight is 323 g/mol. The molecule has 92 valence electrons. The highest BCUT2D eigenvalue weighted by Crippen LogP contribution is 2.29. The lowest BCUT2D eigenvalue weighted by atomic mass is 10.2. The molecule has 17 heavy (non-hydrogen) atoms. The Morgan fingerprint density at radius 1 is 1.59 bits per heavy atom. The number of ether oxygens (including phenoxy) is 1. The van der Waals surface area contributed by atoms with E-state index in [4.69, 9.17) is 16.3 Å². The van der Waals surface area contributed by atoms with Crippen LogP contribution in [0.1, 0.15) is 12.8 Å². The molecule has 1 N–H and O–H groups in total. The van der Waals surface area contributed by atoms with Gasteiger partial charge in [-0.15, -0.1) is 0 Å². The molecule has 0 aliphatic carbocycles. The van der Waals surface area contributed by atoms with E-state index in [9.17, 15) is 9.18 Å². The van der Waals surface area contributed by atoms with Crippen LogP contribution < -0.4 is 5.32 Å². The molecule has 1 unspecified atom stereocenters. The number of carbonyl (C=O) groups excluding carboxylic acids is 1. The van der Waals surface area contributed by atoms with Crippen LogP contribution in [-0.4, -0.2) is 18.6 Å². The van der Waals surface area contributed by atoms with Gasteiger partial charge in [0.05, 0.1) is 15.2 Å². The number of benzene rings is 1. The predicted molar refractivity (Wildman–Crippen MR) is 66.7 cm³/mol. The van der Waals surface area contributed by atoms with Crippen molar-refractivity contribution in [3.05, 3.63) is 27.4 Å². The van der Waals surface area contributed by atoms with Crippen molar-refractivity contribution < 1.29 is 13.9 Å². The monoisotopic (exact) mass is 321 g/mol. The van der Waals surface area contributed by atoms with Crippen LogP contribution in [0.2, 0.25) is 5.02 Å². The molecule has 2 rings (SSSR count). The minimum atomic E-state index is -0.467. The zero-order valence-electron chi connectivity index (χ0n) is 8.80. The van der Waals surface area contributed by atoms with Gasteiger partial charge in [0.2, 0.25) is 0 Å². The van der Waals surface area contributed by atoms with Crippen molar-refractivity contribution >= 4 is 39.1 Å². The summed E-state index contributed by atoms with van der Waals surface area (Å²) >= 11 is 8.87. The molecule has 1 fully saturated rings. The van der Waals surface area contributed by atoms with E-state index in [-0.39, 0.29) is 15.4 Å². The summed E-state index contributed by atoms with van der Waals surface area (Å²) in [5, 5.41) is 2.79. The summed E-state index contributed by atoms with van der Waals surface area (Å²) < 4.78 is 18.6. The molecule has 1 saturated heterocycles. The highest BCUT2D eigenvalue weighted by molar-refractivity contribution is 9.10. The van der Waals surface area contributed by atoms with Crippen molar-refractivity contribution in [3.63, 3.8) is 0 Å². The summed E-state index contributed by atoms with van der Waals surface area (Å²) in [6.07, 6.45) is 1.14. The number of rotatable bonds is 2. The minimum absolute atomic E-state index is 0.164. The Labute approximate surface area is 111 Å². The molecule has 1 amide bonds. The van der Waals surface area contributed by atoms with Gasteiger partial charge in [-0.3, -0.25) is 4.79 Å². The third-order valence-corrected chi connectivity index (χ3v) is 3.41. The van der Waals surface area contributed by atoms with E-state index in [1.54, 1.807) is 0 Å². The molecule has 0 spiro atoms. The second kappa shape index (κ2) is 5.33. The van der Waals surface area contributed by atoms with Gasteiger partial charge < -0.3 is 10.1 Å². The van der Waals surface area contributed by atoms with Crippen molar-refractivity contribution in [2.24, 2.45) is 0 Å². The van der Waals surface area contributed by atoms with Gasteiger partial charge in [-0.25, -0.2) is 4.39 Å². The maximum atomic E-state index is 13.1. The number of anilines is 1. The van der Waals surface area contributed by atoms with E-state index in [0.29, 0.717) is 18.7 Å². The van der Waals surface area contributed by atoms with Gasteiger partial charge in [0.15, 0.2) is 0 Å². The number of halogens is 3. The normalized spacial score (nSPS) is 19.4. The van der Waals surface area contributed by atoms with Crippen LogP contribution in [0.3, 0.4) is 0 Å². The van der Waals surface area contributed by atoms with Gasteiger partial charge in [-0.1, -0.05) is 11.6 Å². The standard InChI is InChI=1S/C11H10BrClFNO2/c12-6-4-9(7(13)5-8(6)14)15-11(16)10-2-1-3-17-10/h4-5,10H,1-3H2,(H,15,16). The molecule has 1 aromatic rings. The SMILES string of the molecule is O=C(Nc1cc(Br)c(F)cc1Cl)C1CCCO1. The molecule has 1 aromatic carbocycles. The first-order valence-corrected chi connectivity index (χ1v) is 6.32. The maximum Gasteiger partial charge on any atom is 0.253 e. The Morgan fingerprint density at radius 2 is 2.35 bits per heavy atom. The van der Waals surface area contributed by atoms with Crippen LogP contribution in [0.15, 0.2) is 16.6 Å². The molecule has 6 heteroatoms. The van der Waals surface area contributed by atoms with Gasteiger partial charge in [0.1, 0.15) is 11.9 Å². The van der Waals surface area contributed by atoms with Crippen LogP contribution in [-0.2, 0) is 9.53 Å². The molecule has 1 heterocycles. The highest BCUT2D eigenvalue weighted by atomic mass is 79.9. The zero-order chi connectivity index (χ0) is 12.4. The van der Waals surface area contributed by atoms with Crippen molar-refractivity contribution in [3.8, 4) is 0 Å². The zero-order valence-corrected chi connectivity index (χ0v) is 11.1. The lowest BCUT2D eigenvalue weighted by Gasteiger charge is -2.12. The van der Waals surface area contributed by atoms with Gasteiger partial charge in [-0.05, 0) is 40.9 Å². The topological polar surface area (TPSA) is 38.3 Å². The number of nitrogens with one attached hydrogen (secondary N) is 1. The average Bonchev–Trinajstić information content (AvgIpc) is 2.79. The van der Waals surface area contributed by atoms with E-state index in [2.05, 4.69) is 21.2 Å². The Kier molecular flexibility index (Phi) is 4.01. The highest BCUT2D eigenvalue weighted by Gasteiger charge is 2.24. The molecule has 0 radical (unpaired) electrons. The van der Waals surface area contributed by atoms with E-state index in [1.165, 1.54) is 6.07 Å². The smallest absolute Gasteiger partial charge is 0.253 e. The van der Waals surface area contributed by atoms with Crippen molar-refractivity contribution in [2.75, 3.05) is 11.9 Å². The molecular formula is C11H10BrClFNO2. The lowest BCUT2D eigenvalue weighted by molar-refractivity contribution is -0.124. The van der Waals surface area contributed by atoms with Gasteiger partial charge >= 0.3 is 0 Å². The molecule has 0 saturated carbocycles. The second-order valence-corrected chi connectivity index (χ2v) is 5.00. The lowest BCUT2D eigenvalue weighted by Crippen LogP contribution is -2.27. The summed E-state index contributed by atoms with van der Waals surface area (Å²) in [4.78, 5) is 11.8. The van der Waals surface area contributed by atoms with Gasteiger partial charge in [-0.2, -0.15) is 0 Å². The van der Waals surface area contributed by atoms with Crippen LogP contribution in [0.25, 0.3) is 0 Å². The summed E-state index contributed by atoms with van der Waals surface area (Å²) in [7, 11) is 0. The molecule has 1 atom stereocenters. The van der Waals surface area contributed by atoms with Gasteiger partial charge in [0.25, 0.3) is 5.91 Å². The van der Waals surface area contributed by atoms with E-state index >= 15 is 0 Å². The Hall–Kier alpha value is -0.650. The van der Waals surface area contributed by atoms with Crippen molar-refractivity contribution in [1.82, 2.24) is 0 Å². The fraction of sp³-hybridized carbons (Fsp3) is 0.364. The van der Waals surface area contributed by atoms with E-state index in [1.807, 2.05) is 0 Å². The summed E-state index contributed by atoms with van der Waals surface area (Å²) in [5.74, 6) is -0.715. The van der Waals surface area contributed by atoms with Crippen LogP contribution >= 0.6 is 27.5 Å². The first-order valence-electron chi connectivity index (χ1n) is 5.15. The fourth-order valence-electron chi connectivity index (χ4n) is 1.62. The molecule has 0 bridgehead atoms. The maximum absolute atomic E-state index is 13.1. The third-order valence-electron chi connectivity index (χ3n) is 2.49. The van der Waals surface area contributed by atoms with E-state index < -0.39 is 11.9 Å². The molecule has 0 aromatic heterocycles. The Balaban J connectivity index is 2.12. The van der Waals surface area contributed by atoms with Gasteiger partial charge in [0, 0.05) is 6.61 Å². The summed E-state index contributed by atoms with van der Waals surface area (Å²) in [6.45, 7) is 0.596. The predicted octanol–water partition coefficient (Wildman–Crippen LogP) is 3.36. The molecule has 1 aliphatic rings. The first-order chi connectivity index (χ1) is 8.08. The quantitative estimate of drug-likeness (QED) is 0.848. The van der Waals surface area contributed by atoms with Crippen LogP contribution in [0, 0.1) is 5.82 Å². The molecule has 1 aliphatic heterocycles. The minimum Gasteiger partial charge on any atom is -0.368 e. The molecule has 3 nitrogen and oxygen atoms in total.